The van der Waals surface area contributed by atoms with Crippen molar-refractivity contribution >= 4 is 26.6 Å². The van der Waals surface area contributed by atoms with Crippen LogP contribution in [0.25, 0.3) is 10.9 Å². The average molecular weight is 388 g/mol. The maximum Gasteiger partial charge on any atom is 0.229 e. The lowest BCUT2D eigenvalue weighted by molar-refractivity contribution is 0.414. The van der Waals surface area contributed by atoms with Gasteiger partial charge in [0.2, 0.25) is 10.0 Å². The van der Waals surface area contributed by atoms with E-state index in [-0.39, 0.29) is 0 Å². The molecule has 0 amide bonds. The normalized spacial score (nSPS) is 11.7. The van der Waals surface area contributed by atoms with Crippen LogP contribution in [0.3, 0.4) is 0 Å². The first-order valence-corrected chi connectivity index (χ1v) is 10.7. The topological polar surface area (TPSA) is 72.4 Å². The molecule has 0 aliphatic heterocycles. The molecule has 2 aromatic carbocycles. The zero-order chi connectivity index (χ0) is 19.4. The summed E-state index contributed by atoms with van der Waals surface area (Å²) >= 11 is 0. The summed E-state index contributed by atoms with van der Waals surface area (Å²) in [6.45, 7) is 1.59. The predicted octanol–water partition coefficient (Wildman–Crippen LogP) is 2.83. The largest absolute Gasteiger partial charge is 0.497 e. The summed E-state index contributed by atoms with van der Waals surface area (Å²) in [6.07, 6.45) is 4.18. The van der Waals surface area contributed by atoms with Crippen molar-refractivity contribution < 1.29 is 13.2 Å². The van der Waals surface area contributed by atoms with Gasteiger partial charge in [-0.05, 0) is 61.5 Å². The number of benzene rings is 2. The molecule has 1 aromatic heterocycles. The summed E-state index contributed by atoms with van der Waals surface area (Å²) in [5, 5.41) is 4.23. The number of hydrogen-bond donors (Lipinski definition) is 2. The number of likely N-dealkylation sites (N-methyl/N-ethyl adjacent to an activating group) is 1. The maximum absolute atomic E-state index is 11.6. The zero-order valence-electron chi connectivity index (χ0n) is 15.8. The molecule has 0 fully saturated rings. The molecule has 2 N–H and O–H groups in total. The van der Waals surface area contributed by atoms with Crippen molar-refractivity contribution in [3.8, 4) is 5.75 Å². The van der Waals surface area contributed by atoms with Crippen molar-refractivity contribution in [1.29, 1.82) is 0 Å². The first-order valence-electron chi connectivity index (χ1n) is 8.76. The number of methoxy groups -OCH3 is 1. The molecule has 0 spiro atoms. The van der Waals surface area contributed by atoms with E-state index in [1.165, 1.54) is 11.1 Å². The quantitative estimate of drug-likeness (QED) is 0.623. The second-order valence-electron chi connectivity index (χ2n) is 6.59. The van der Waals surface area contributed by atoms with Crippen LogP contribution >= 0.6 is 0 Å². The lowest BCUT2D eigenvalue weighted by Crippen LogP contribution is -2.10. The van der Waals surface area contributed by atoms with Crippen LogP contribution in [-0.4, -0.2) is 39.9 Å². The van der Waals surface area contributed by atoms with E-state index in [0.717, 1.165) is 42.4 Å². The smallest absolute Gasteiger partial charge is 0.229 e. The number of anilines is 1. The molecule has 144 valence electrons. The highest BCUT2D eigenvalue weighted by Gasteiger charge is 2.11. The van der Waals surface area contributed by atoms with Gasteiger partial charge < -0.3 is 14.6 Å². The summed E-state index contributed by atoms with van der Waals surface area (Å²) < 4.78 is 33.1. The molecule has 6 nitrogen and oxygen atoms in total. The minimum absolute atomic E-state index is 0.581. The average Bonchev–Trinajstić information content (AvgIpc) is 2.96. The molecular weight excluding hydrogens is 362 g/mol. The number of ether oxygens (including phenoxy) is 1. The molecule has 0 atom stereocenters. The van der Waals surface area contributed by atoms with Crippen LogP contribution in [0, 0.1) is 0 Å². The van der Waals surface area contributed by atoms with Gasteiger partial charge in [0.1, 0.15) is 5.75 Å². The van der Waals surface area contributed by atoms with E-state index in [9.17, 15) is 8.42 Å². The Morgan fingerprint density at radius 2 is 1.85 bits per heavy atom. The first kappa shape index (κ1) is 19.3. The van der Waals surface area contributed by atoms with Gasteiger partial charge in [0.15, 0.2) is 0 Å². The fraction of sp³-hybridized carbons (Fsp3) is 0.300. The van der Waals surface area contributed by atoms with Crippen molar-refractivity contribution in [2.45, 2.75) is 13.0 Å². The van der Waals surface area contributed by atoms with Crippen LogP contribution in [0.1, 0.15) is 11.1 Å². The second kappa shape index (κ2) is 8.02. The fourth-order valence-electron chi connectivity index (χ4n) is 3.17. The van der Waals surface area contributed by atoms with Gasteiger partial charge >= 0.3 is 0 Å². The molecule has 1 heterocycles. The molecule has 0 bridgehead atoms. The van der Waals surface area contributed by atoms with Crippen molar-refractivity contribution in [3.05, 3.63) is 59.8 Å². The molecular formula is C20H25N3O3S. The highest BCUT2D eigenvalue weighted by molar-refractivity contribution is 7.92. The monoisotopic (exact) mass is 387 g/mol. The molecule has 0 aliphatic carbocycles. The van der Waals surface area contributed by atoms with E-state index in [4.69, 9.17) is 4.74 Å². The number of nitrogens with one attached hydrogen (secondary N) is 2. The Balaban J connectivity index is 1.98. The lowest BCUT2D eigenvalue weighted by Gasteiger charge is -2.08. The second-order valence-corrected chi connectivity index (χ2v) is 8.34. The molecule has 27 heavy (non-hydrogen) atoms. The van der Waals surface area contributed by atoms with Gasteiger partial charge in [-0.3, -0.25) is 4.72 Å². The van der Waals surface area contributed by atoms with Crippen LogP contribution in [0.2, 0.25) is 0 Å². The van der Waals surface area contributed by atoms with Crippen molar-refractivity contribution in [2.24, 2.45) is 0 Å². The minimum Gasteiger partial charge on any atom is -0.497 e. The van der Waals surface area contributed by atoms with Gasteiger partial charge in [-0.2, -0.15) is 0 Å². The number of nitrogens with zero attached hydrogens (tertiary/aromatic N) is 1. The van der Waals surface area contributed by atoms with Crippen LogP contribution in [-0.2, 0) is 23.0 Å². The zero-order valence-corrected chi connectivity index (χ0v) is 16.6. The summed E-state index contributed by atoms with van der Waals surface area (Å²) in [4.78, 5) is 0. The summed E-state index contributed by atoms with van der Waals surface area (Å²) in [5.41, 5.74) is 4.02. The molecule has 0 aliphatic rings. The third kappa shape index (κ3) is 4.81. The van der Waals surface area contributed by atoms with Crippen LogP contribution in [0.15, 0.2) is 48.7 Å². The number of sulfonamides is 1. The number of rotatable bonds is 8. The summed E-state index contributed by atoms with van der Waals surface area (Å²) in [6, 6.07) is 13.7. The van der Waals surface area contributed by atoms with Gasteiger partial charge in [0.05, 0.1) is 13.4 Å². The van der Waals surface area contributed by atoms with E-state index in [1.54, 1.807) is 13.2 Å². The van der Waals surface area contributed by atoms with Crippen LogP contribution in [0.4, 0.5) is 5.69 Å². The lowest BCUT2D eigenvalue weighted by atomic mass is 10.1. The fourth-order valence-corrected chi connectivity index (χ4v) is 3.72. The van der Waals surface area contributed by atoms with E-state index < -0.39 is 10.0 Å². The van der Waals surface area contributed by atoms with E-state index in [0.29, 0.717) is 5.69 Å². The van der Waals surface area contributed by atoms with Crippen molar-refractivity contribution in [3.63, 3.8) is 0 Å². The van der Waals surface area contributed by atoms with Gasteiger partial charge in [0, 0.05) is 29.3 Å². The Labute approximate surface area is 160 Å². The summed E-state index contributed by atoms with van der Waals surface area (Å²) in [5.74, 6) is 0.835. The number of hydrogen-bond acceptors (Lipinski definition) is 4. The third-order valence-corrected chi connectivity index (χ3v) is 5.03. The maximum atomic E-state index is 11.6. The summed E-state index contributed by atoms with van der Waals surface area (Å²) in [7, 11) is 0.276. The van der Waals surface area contributed by atoms with E-state index in [1.807, 2.05) is 31.3 Å². The van der Waals surface area contributed by atoms with Gasteiger partial charge in [-0.1, -0.05) is 12.1 Å². The van der Waals surface area contributed by atoms with Gasteiger partial charge in [-0.25, -0.2) is 8.42 Å². The minimum atomic E-state index is -3.31. The first-order chi connectivity index (χ1) is 12.9. The third-order valence-electron chi connectivity index (χ3n) is 4.42. The molecule has 0 unspecified atom stereocenters. The van der Waals surface area contributed by atoms with E-state index in [2.05, 4.69) is 32.9 Å². The Kier molecular flexibility index (Phi) is 5.72. The highest BCUT2D eigenvalue weighted by atomic mass is 32.2. The van der Waals surface area contributed by atoms with Crippen molar-refractivity contribution in [2.75, 3.05) is 31.7 Å². The standard InChI is InChI=1S/C20H25N3O3S/c1-21-11-10-16-14-23(13-15-4-7-18(26-2)8-5-15)20-9-6-17(12-19(16)20)22-27(3,24)25/h4-9,12,14,21-22H,10-11,13H2,1-3H3. The predicted molar refractivity (Wildman–Crippen MR) is 110 cm³/mol. The molecule has 3 aromatic rings. The highest BCUT2D eigenvalue weighted by Crippen LogP contribution is 2.27. The SMILES string of the molecule is CNCCc1cn(Cc2ccc(OC)cc2)c2ccc(NS(C)(=O)=O)cc12. The Bertz CT molecular complexity index is 1020. The molecule has 3 rings (SSSR count). The molecule has 0 saturated heterocycles. The molecule has 7 heteroatoms. The van der Waals surface area contributed by atoms with Crippen LogP contribution < -0.4 is 14.8 Å². The number of aromatic nitrogens is 1. The molecule has 0 saturated carbocycles. The van der Waals surface area contributed by atoms with Crippen molar-refractivity contribution in [1.82, 2.24) is 9.88 Å². The molecule has 0 radical (unpaired) electrons. The van der Waals surface area contributed by atoms with Crippen LogP contribution in [0.5, 0.6) is 5.75 Å². The Morgan fingerprint density at radius 1 is 1.11 bits per heavy atom. The van der Waals surface area contributed by atoms with Gasteiger partial charge in [0.25, 0.3) is 0 Å². The Hall–Kier alpha value is -2.51. The Morgan fingerprint density at radius 3 is 2.48 bits per heavy atom. The number of fused-ring (bicyclic) bond motifs is 1. The van der Waals surface area contributed by atoms with E-state index >= 15 is 0 Å². The van der Waals surface area contributed by atoms with Gasteiger partial charge in [-0.15, -0.1) is 0 Å².